The summed E-state index contributed by atoms with van der Waals surface area (Å²) in [5.74, 6) is -1.88. The van der Waals surface area contributed by atoms with Gasteiger partial charge in [0.25, 0.3) is 0 Å². The molecule has 26 heavy (non-hydrogen) atoms. The van der Waals surface area contributed by atoms with E-state index in [1.807, 2.05) is 0 Å². The molecular formula is C17H18F3N3O3. The molecule has 0 aromatic heterocycles. The van der Waals surface area contributed by atoms with Gasteiger partial charge in [0.2, 0.25) is 17.7 Å². The number of nitrogens with one attached hydrogen (secondary N) is 2. The number of amides is 3. The Bertz CT molecular complexity index is 731. The minimum absolute atomic E-state index is 0.0176. The van der Waals surface area contributed by atoms with Gasteiger partial charge in [-0.25, -0.2) is 0 Å². The van der Waals surface area contributed by atoms with Crippen LogP contribution in [0.3, 0.4) is 0 Å². The molecule has 0 bridgehead atoms. The maximum absolute atomic E-state index is 12.8. The molecule has 3 amide bonds. The van der Waals surface area contributed by atoms with Crippen LogP contribution in [0.25, 0.3) is 0 Å². The van der Waals surface area contributed by atoms with Crippen LogP contribution in [0.2, 0.25) is 0 Å². The number of carbonyl (C=O) groups is 3. The lowest BCUT2D eigenvalue weighted by atomic mass is 10.1. The first kappa shape index (κ1) is 18.2. The van der Waals surface area contributed by atoms with Gasteiger partial charge in [0, 0.05) is 24.7 Å². The molecule has 1 heterocycles. The van der Waals surface area contributed by atoms with Crippen molar-refractivity contribution in [1.29, 1.82) is 0 Å². The molecule has 9 heteroatoms. The van der Waals surface area contributed by atoms with Gasteiger partial charge in [0.05, 0.1) is 18.0 Å². The Balaban J connectivity index is 1.59. The van der Waals surface area contributed by atoms with E-state index in [1.165, 1.54) is 17.0 Å². The fourth-order valence-corrected chi connectivity index (χ4v) is 2.80. The second-order valence-electron chi connectivity index (χ2n) is 6.51. The summed E-state index contributed by atoms with van der Waals surface area (Å²) in [7, 11) is 0. The fraction of sp³-hybridized carbons (Fsp3) is 0.471. The summed E-state index contributed by atoms with van der Waals surface area (Å²) in [6, 6.07) is 4.62. The van der Waals surface area contributed by atoms with Gasteiger partial charge in [-0.2, -0.15) is 13.2 Å². The standard InChI is InChI=1S/C17H18F3N3O3/c18-17(19,20)11-2-1-3-13(7-11)23-9-10(6-15(23)25)16(26)21-8-14(24)22-12-4-5-12/h1-3,7,10,12H,4-6,8-9H2,(H,21,26)(H,22,24). The number of alkyl halides is 3. The molecule has 1 aromatic rings. The minimum atomic E-state index is -4.51. The van der Waals surface area contributed by atoms with Crippen LogP contribution < -0.4 is 15.5 Å². The van der Waals surface area contributed by atoms with Crippen LogP contribution in [0.1, 0.15) is 24.8 Å². The van der Waals surface area contributed by atoms with Crippen LogP contribution in [0.15, 0.2) is 24.3 Å². The molecule has 1 atom stereocenters. The van der Waals surface area contributed by atoms with E-state index < -0.39 is 29.5 Å². The molecule has 0 radical (unpaired) electrons. The van der Waals surface area contributed by atoms with E-state index in [9.17, 15) is 27.6 Å². The van der Waals surface area contributed by atoms with E-state index in [2.05, 4.69) is 10.6 Å². The molecule has 6 nitrogen and oxygen atoms in total. The van der Waals surface area contributed by atoms with Crippen LogP contribution >= 0.6 is 0 Å². The first-order chi connectivity index (χ1) is 12.2. The van der Waals surface area contributed by atoms with Gasteiger partial charge in [-0.1, -0.05) is 6.07 Å². The number of nitrogens with zero attached hydrogens (tertiary/aromatic N) is 1. The molecule has 1 aliphatic heterocycles. The Labute approximate surface area is 147 Å². The molecule has 1 saturated carbocycles. The molecule has 2 N–H and O–H groups in total. The number of anilines is 1. The number of hydrogen-bond donors (Lipinski definition) is 2. The Hall–Kier alpha value is -2.58. The lowest BCUT2D eigenvalue weighted by Gasteiger charge is -2.18. The quantitative estimate of drug-likeness (QED) is 0.825. The smallest absolute Gasteiger partial charge is 0.352 e. The minimum Gasteiger partial charge on any atom is -0.352 e. The van der Waals surface area contributed by atoms with Gasteiger partial charge in [0.1, 0.15) is 0 Å². The Kier molecular flexibility index (Phi) is 4.88. The summed E-state index contributed by atoms with van der Waals surface area (Å²) in [5.41, 5.74) is -0.751. The van der Waals surface area contributed by atoms with Crippen molar-refractivity contribution in [3.63, 3.8) is 0 Å². The number of hydrogen-bond acceptors (Lipinski definition) is 3. The predicted molar refractivity (Wildman–Crippen MR) is 86.1 cm³/mol. The van der Waals surface area contributed by atoms with Gasteiger partial charge in [-0.3, -0.25) is 14.4 Å². The zero-order valence-electron chi connectivity index (χ0n) is 13.8. The van der Waals surface area contributed by atoms with E-state index in [1.54, 1.807) is 0 Å². The normalized spacial score (nSPS) is 20.2. The van der Waals surface area contributed by atoms with E-state index in [-0.39, 0.29) is 37.1 Å². The van der Waals surface area contributed by atoms with Crippen LogP contribution in [-0.2, 0) is 20.6 Å². The summed E-state index contributed by atoms with van der Waals surface area (Å²) in [5, 5.41) is 5.20. The summed E-state index contributed by atoms with van der Waals surface area (Å²) in [6.07, 6.45) is -2.75. The number of carbonyl (C=O) groups excluding carboxylic acids is 3. The van der Waals surface area contributed by atoms with E-state index >= 15 is 0 Å². The monoisotopic (exact) mass is 369 g/mol. The number of benzene rings is 1. The molecular weight excluding hydrogens is 351 g/mol. The Morgan fingerprint density at radius 2 is 1.96 bits per heavy atom. The molecule has 3 rings (SSSR count). The summed E-state index contributed by atoms with van der Waals surface area (Å²) in [6.45, 7) is -0.195. The summed E-state index contributed by atoms with van der Waals surface area (Å²) in [4.78, 5) is 37.0. The van der Waals surface area contributed by atoms with Crippen LogP contribution in [0, 0.1) is 5.92 Å². The third kappa shape index (κ3) is 4.33. The van der Waals surface area contributed by atoms with Crippen molar-refractivity contribution in [2.45, 2.75) is 31.5 Å². The lowest BCUT2D eigenvalue weighted by molar-refractivity contribution is -0.137. The van der Waals surface area contributed by atoms with Crippen molar-refractivity contribution in [1.82, 2.24) is 10.6 Å². The van der Waals surface area contributed by atoms with E-state index in [0.29, 0.717) is 0 Å². The Morgan fingerprint density at radius 3 is 2.62 bits per heavy atom. The predicted octanol–water partition coefficient (Wildman–Crippen LogP) is 1.45. The van der Waals surface area contributed by atoms with E-state index in [4.69, 9.17) is 0 Å². The van der Waals surface area contributed by atoms with Crippen molar-refractivity contribution in [3.8, 4) is 0 Å². The second kappa shape index (κ2) is 6.97. The van der Waals surface area contributed by atoms with Gasteiger partial charge in [-0.15, -0.1) is 0 Å². The Morgan fingerprint density at radius 1 is 1.23 bits per heavy atom. The molecule has 1 unspecified atom stereocenters. The molecule has 140 valence electrons. The lowest BCUT2D eigenvalue weighted by Crippen LogP contribution is -2.40. The molecule has 1 aliphatic carbocycles. The highest BCUT2D eigenvalue weighted by molar-refractivity contribution is 6.00. The molecule has 2 aliphatic rings. The van der Waals surface area contributed by atoms with Gasteiger partial charge >= 0.3 is 6.18 Å². The average Bonchev–Trinajstić information content (AvgIpc) is 3.31. The topological polar surface area (TPSA) is 78.5 Å². The maximum Gasteiger partial charge on any atom is 0.416 e. The molecule has 1 aromatic carbocycles. The largest absolute Gasteiger partial charge is 0.416 e. The van der Waals surface area contributed by atoms with Gasteiger partial charge < -0.3 is 15.5 Å². The van der Waals surface area contributed by atoms with Crippen molar-refractivity contribution < 1.29 is 27.6 Å². The number of rotatable bonds is 5. The summed E-state index contributed by atoms with van der Waals surface area (Å²) >= 11 is 0. The molecule has 0 spiro atoms. The van der Waals surface area contributed by atoms with Crippen LogP contribution in [-0.4, -0.2) is 36.9 Å². The maximum atomic E-state index is 12.8. The average molecular weight is 369 g/mol. The van der Waals surface area contributed by atoms with Gasteiger partial charge in [0.15, 0.2) is 0 Å². The highest BCUT2D eigenvalue weighted by Gasteiger charge is 2.37. The highest BCUT2D eigenvalue weighted by Crippen LogP contribution is 2.33. The highest BCUT2D eigenvalue weighted by atomic mass is 19.4. The zero-order chi connectivity index (χ0) is 18.9. The van der Waals surface area contributed by atoms with Crippen molar-refractivity contribution >= 4 is 23.4 Å². The number of halogens is 3. The molecule has 2 fully saturated rings. The van der Waals surface area contributed by atoms with Crippen LogP contribution in [0.4, 0.5) is 18.9 Å². The first-order valence-electron chi connectivity index (χ1n) is 8.29. The second-order valence-corrected chi connectivity index (χ2v) is 6.51. The third-order valence-electron chi connectivity index (χ3n) is 4.35. The van der Waals surface area contributed by atoms with Crippen molar-refractivity contribution in [2.24, 2.45) is 5.92 Å². The third-order valence-corrected chi connectivity index (χ3v) is 4.35. The van der Waals surface area contributed by atoms with E-state index in [0.717, 1.165) is 25.0 Å². The SMILES string of the molecule is O=C(CNC(=O)C1CC(=O)N(c2cccc(C(F)(F)F)c2)C1)NC1CC1. The van der Waals surface area contributed by atoms with Gasteiger partial charge in [-0.05, 0) is 31.0 Å². The van der Waals surface area contributed by atoms with Crippen molar-refractivity contribution in [3.05, 3.63) is 29.8 Å². The van der Waals surface area contributed by atoms with Crippen molar-refractivity contribution in [2.75, 3.05) is 18.0 Å². The fourth-order valence-electron chi connectivity index (χ4n) is 2.80. The summed E-state index contributed by atoms with van der Waals surface area (Å²) < 4.78 is 38.5. The zero-order valence-corrected chi connectivity index (χ0v) is 13.8. The first-order valence-corrected chi connectivity index (χ1v) is 8.29. The molecule has 1 saturated heterocycles. The van der Waals surface area contributed by atoms with Crippen LogP contribution in [0.5, 0.6) is 0 Å².